The Morgan fingerprint density at radius 3 is 2.37 bits per heavy atom. The van der Waals surface area contributed by atoms with E-state index in [1.54, 1.807) is 0 Å². The summed E-state index contributed by atoms with van der Waals surface area (Å²) in [6.07, 6.45) is 1.37. The number of amides is 1. The molecule has 2 atom stereocenters. The van der Waals surface area contributed by atoms with Crippen LogP contribution < -0.4 is 5.73 Å². The van der Waals surface area contributed by atoms with Crippen LogP contribution in [-0.4, -0.2) is 70.8 Å². The van der Waals surface area contributed by atoms with Gasteiger partial charge in [0.15, 0.2) is 5.82 Å². The molecule has 2 aliphatic heterocycles. The first-order valence-corrected chi connectivity index (χ1v) is 9.06. The summed E-state index contributed by atoms with van der Waals surface area (Å²) in [6, 6.07) is 0. The fourth-order valence-electron chi connectivity index (χ4n) is 3.21. The lowest BCUT2D eigenvalue weighted by Gasteiger charge is -2.35. The Morgan fingerprint density at radius 2 is 1.85 bits per heavy atom. The minimum atomic E-state index is -0.313. The molecule has 0 unspecified atom stereocenters. The van der Waals surface area contributed by atoms with Gasteiger partial charge in [-0.15, -0.1) is 24.8 Å². The second-order valence-corrected chi connectivity index (χ2v) is 7.93. The molecule has 27 heavy (non-hydrogen) atoms. The van der Waals surface area contributed by atoms with Gasteiger partial charge < -0.3 is 19.9 Å². The largest absolute Gasteiger partial charge is 0.364 e. The van der Waals surface area contributed by atoms with Crippen LogP contribution in [0.1, 0.15) is 45.3 Å². The van der Waals surface area contributed by atoms with E-state index in [0.29, 0.717) is 37.9 Å². The summed E-state index contributed by atoms with van der Waals surface area (Å²) in [4.78, 5) is 21.2. The minimum Gasteiger partial charge on any atom is -0.364 e. The zero-order chi connectivity index (χ0) is 18.0. The van der Waals surface area contributed by atoms with Crippen molar-refractivity contribution in [1.82, 2.24) is 19.9 Å². The molecule has 1 aromatic heterocycles. The summed E-state index contributed by atoms with van der Waals surface area (Å²) in [5, 5.41) is 4.07. The van der Waals surface area contributed by atoms with Crippen LogP contribution >= 0.6 is 24.8 Å². The smallest absolute Gasteiger partial charge is 0.251 e. The summed E-state index contributed by atoms with van der Waals surface area (Å²) in [6.45, 7) is 10.3. The third-order valence-electron chi connectivity index (χ3n) is 4.80. The average Bonchev–Trinajstić information content (AvgIpc) is 3.23. The van der Waals surface area contributed by atoms with Crippen molar-refractivity contribution in [3.8, 4) is 0 Å². The molecule has 0 spiro atoms. The lowest BCUT2D eigenvalue weighted by atomic mass is 9.97. The molecule has 0 aliphatic carbocycles. The van der Waals surface area contributed by atoms with Crippen molar-refractivity contribution in [2.24, 2.45) is 5.73 Å². The lowest BCUT2D eigenvalue weighted by molar-refractivity contribution is -0.144. The second kappa shape index (κ2) is 10.0. The van der Waals surface area contributed by atoms with Gasteiger partial charge in [0.2, 0.25) is 5.89 Å². The van der Waals surface area contributed by atoms with E-state index < -0.39 is 0 Å². The fraction of sp³-hybridized carbons (Fsp3) is 0.824. The van der Waals surface area contributed by atoms with Crippen LogP contribution in [0.3, 0.4) is 0 Å². The highest BCUT2D eigenvalue weighted by Gasteiger charge is 2.34. The first-order chi connectivity index (χ1) is 11.9. The SMILES string of the molecule is CC(C)(C)c1nc(CN2CCN(C(=O)[C@@H]3CC[C@H](CN)O3)CC2)no1.Cl.Cl. The molecule has 3 heterocycles. The molecule has 0 bridgehead atoms. The monoisotopic (exact) mass is 423 g/mol. The Kier molecular flexibility index (Phi) is 8.95. The van der Waals surface area contributed by atoms with Crippen molar-refractivity contribution in [2.75, 3.05) is 32.7 Å². The Hall–Kier alpha value is -0.930. The molecule has 0 saturated carbocycles. The van der Waals surface area contributed by atoms with Gasteiger partial charge in [-0.2, -0.15) is 4.98 Å². The molecular formula is C17H31Cl2N5O3. The zero-order valence-corrected chi connectivity index (χ0v) is 17.9. The molecule has 0 radical (unpaired) electrons. The molecule has 1 aromatic rings. The van der Waals surface area contributed by atoms with Gasteiger partial charge in [-0.3, -0.25) is 9.69 Å². The summed E-state index contributed by atoms with van der Waals surface area (Å²) in [5.74, 6) is 1.46. The van der Waals surface area contributed by atoms with E-state index in [4.69, 9.17) is 15.0 Å². The van der Waals surface area contributed by atoms with Crippen LogP contribution in [0.2, 0.25) is 0 Å². The molecule has 0 aromatic carbocycles. The van der Waals surface area contributed by atoms with E-state index in [0.717, 1.165) is 25.9 Å². The van der Waals surface area contributed by atoms with Crippen LogP contribution in [-0.2, 0) is 21.5 Å². The highest BCUT2D eigenvalue weighted by molar-refractivity contribution is 5.85. The Morgan fingerprint density at radius 1 is 1.19 bits per heavy atom. The van der Waals surface area contributed by atoms with Crippen molar-refractivity contribution in [2.45, 2.75) is 57.8 Å². The normalized spacial score (nSPS) is 23.6. The van der Waals surface area contributed by atoms with Gasteiger partial charge in [0.25, 0.3) is 5.91 Å². The average molecular weight is 424 g/mol. The second-order valence-electron chi connectivity index (χ2n) is 7.93. The van der Waals surface area contributed by atoms with Crippen LogP contribution in [0.4, 0.5) is 0 Å². The summed E-state index contributed by atoms with van der Waals surface area (Å²) >= 11 is 0. The van der Waals surface area contributed by atoms with Crippen molar-refractivity contribution in [3.63, 3.8) is 0 Å². The van der Waals surface area contributed by atoms with Crippen molar-refractivity contribution in [3.05, 3.63) is 11.7 Å². The molecule has 2 fully saturated rings. The standard InChI is InChI=1S/C17H29N5O3.2ClH/c1-17(2,3)16-19-14(20-25-16)11-21-6-8-22(9-7-21)15(23)13-5-4-12(10-18)24-13;;/h12-13H,4-11,18H2,1-3H3;2*1H/t12-,13+;;/m1../s1. The van der Waals surface area contributed by atoms with Gasteiger partial charge in [-0.05, 0) is 12.8 Å². The van der Waals surface area contributed by atoms with Gasteiger partial charge in [-0.25, -0.2) is 0 Å². The van der Waals surface area contributed by atoms with Crippen molar-refractivity contribution >= 4 is 30.7 Å². The molecule has 3 rings (SSSR count). The summed E-state index contributed by atoms with van der Waals surface area (Å²) in [7, 11) is 0. The first-order valence-electron chi connectivity index (χ1n) is 9.06. The van der Waals surface area contributed by atoms with E-state index in [2.05, 4.69) is 35.8 Å². The third kappa shape index (κ3) is 6.02. The van der Waals surface area contributed by atoms with Gasteiger partial charge in [-0.1, -0.05) is 25.9 Å². The van der Waals surface area contributed by atoms with E-state index in [-0.39, 0.29) is 48.3 Å². The molecule has 2 N–H and O–H groups in total. The van der Waals surface area contributed by atoms with E-state index in [1.165, 1.54) is 0 Å². The van der Waals surface area contributed by atoms with E-state index in [9.17, 15) is 4.79 Å². The zero-order valence-electron chi connectivity index (χ0n) is 16.2. The summed E-state index contributed by atoms with van der Waals surface area (Å²) < 4.78 is 11.1. The van der Waals surface area contributed by atoms with Crippen molar-refractivity contribution < 1.29 is 14.1 Å². The molecule has 10 heteroatoms. The van der Waals surface area contributed by atoms with Crippen LogP contribution in [0.25, 0.3) is 0 Å². The molecule has 156 valence electrons. The topological polar surface area (TPSA) is 97.7 Å². The number of nitrogens with zero attached hydrogens (tertiary/aromatic N) is 4. The van der Waals surface area contributed by atoms with Gasteiger partial charge >= 0.3 is 0 Å². The highest BCUT2D eigenvalue weighted by atomic mass is 35.5. The van der Waals surface area contributed by atoms with Crippen LogP contribution in [0, 0.1) is 0 Å². The fourth-order valence-corrected chi connectivity index (χ4v) is 3.21. The number of hydrogen-bond donors (Lipinski definition) is 1. The number of hydrogen-bond acceptors (Lipinski definition) is 7. The number of carbonyl (C=O) groups is 1. The van der Waals surface area contributed by atoms with E-state index >= 15 is 0 Å². The number of carbonyl (C=O) groups excluding carboxylic acids is 1. The summed E-state index contributed by atoms with van der Waals surface area (Å²) in [5.41, 5.74) is 5.48. The molecule has 2 aliphatic rings. The predicted molar refractivity (Wildman–Crippen MR) is 106 cm³/mol. The number of ether oxygens (including phenoxy) is 1. The lowest BCUT2D eigenvalue weighted by Crippen LogP contribution is -2.51. The third-order valence-corrected chi connectivity index (χ3v) is 4.80. The molecule has 8 nitrogen and oxygen atoms in total. The Bertz CT molecular complexity index is 600. The van der Waals surface area contributed by atoms with Gasteiger partial charge in [0.1, 0.15) is 6.10 Å². The Labute approximate surface area is 173 Å². The predicted octanol–water partition coefficient (Wildman–Crippen LogP) is 1.36. The van der Waals surface area contributed by atoms with E-state index in [1.807, 2.05) is 4.90 Å². The Balaban J connectivity index is 0.00000182. The minimum absolute atomic E-state index is 0. The van der Waals surface area contributed by atoms with Crippen LogP contribution in [0.5, 0.6) is 0 Å². The number of halogens is 2. The quantitative estimate of drug-likeness (QED) is 0.780. The van der Waals surface area contributed by atoms with Gasteiger partial charge in [0.05, 0.1) is 12.6 Å². The molecule has 2 saturated heterocycles. The molecule has 1 amide bonds. The molecular weight excluding hydrogens is 393 g/mol. The van der Waals surface area contributed by atoms with Crippen LogP contribution in [0.15, 0.2) is 4.52 Å². The maximum absolute atomic E-state index is 12.5. The highest BCUT2D eigenvalue weighted by Crippen LogP contribution is 2.22. The van der Waals surface area contributed by atoms with Crippen molar-refractivity contribution in [1.29, 1.82) is 0 Å². The number of rotatable bonds is 4. The number of nitrogens with two attached hydrogens (primary N) is 1. The number of aromatic nitrogens is 2. The first kappa shape index (κ1) is 24.1. The maximum atomic E-state index is 12.5. The maximum Gasteiger partial charge on any atom is 0.251 e. The number of piperazine rings is 1. The van der Waals surface area contributed by atoms with Gasteiger partial charge in [0, 0.05) is 38.1 Å².